The van der Waals surface area contributed by atoms with Gasteiger partial charge in [0.25, 0.3) is 0 Å². The van der Waals surface area contributed by atoms with E-state index in [0.29, 0.717) is 11.8 Å². The summed E-state index contributed by atoms with van der Waals surface area (Å²) in [5.74, 6) is 1.52. The summed E-state index contributed by atoms with van der Waals surface area (Å²) in [6.45, 7) is 6.60. The highest BCUT2D eigenvalue weighted by molar-refractivity contribution is 5.91. The topological polar surface area (TPSA) is 32.8 Å². The van der Waals surface area contributed by atoms with Crippen molar-refractivity contribution in [3.63, 3.8) is 0 Å². The van der Waals surface area contributed by atoms with Crippen LogP contribution in [0.2, 0.25) is 0 Å². The first-order chi connectivity index (χ1) is 12.4. The molecule has 0 aromatic heterocycles. The van der Waals surface area contributed by atoms with Crippen LogP contribution in [0.1, 0.15) is 32.4 Å². The van der Waals surface area contributed by atoms with Gasteiger partial charge < -0.3 is 9.64 Å². The predicted molar refractivity (Wildman–Crippen MR) is 108 cm³/mol. The van der Waals surface area contributed by atoms with Crippen LogP contribution in [0.25, 0.3) is 0 Å². The molecule has 2 rings (SSSR count). The van der Waals surface area contributed by atoms with Crippen molar-refractivity contribution >= 4 is 11.7 Å². The number of benzene rings is 2. The monoisotopic (exact) mass is 354 g/mol. The summed E-state index contributed by atoms with van der Waals surface area (Å²) >= 11 is 0. The van der Waals surface area contributed by atoms with Gasteiger partial charge in [-0.2, -0.15) is 0 Å². The van der Waals surface area contributed by atoms with Crippen LogP contribution in [-0.2, 0) is 0 Å². The molecule has 140 valence electrons. The molecule has 0 N–H and O–H groups in total. The largest absolute Gasteiger partial charge is 0.497 e. The van der Waals surface area contributed by atoms with Gasteiger partial charge >= 0.3 is 6.03 Å². The van der Waals surface area contributed by atoms with Gasteiger partial charge in [-0.1, -0.05) is 57.2 Å². The van der Waals surface area contributed by atoms with Gasteiger partial charge in [0.1, 0.15) is 5.75 Å². The van der Waals surface area contributed by atoms with Crippen LogP contribution >= 0.6 is 0 Å². The number of ether oxygens (including phenoxy) is 1. The normalized spacial score (nSPS) is 13.2. The molecule has 0 aliphatic heterocycles. The van der Waals surface area contributed by atoms with E-state index in [-0.39, 0.29) is 12.1 Å². The molecule has 0 saturated heterocycles. The second-order valence-electron chi connectivity index (χ2n) is 7.11. The molecule has 0 fully saturated rings. The highest BCUT2D eigenvalue weighted by atomic mass is 16.5. The van der Waals surface area contributed by atoms with Crippen LogP contribution in [0.3, 0.4) is 0 Å². The molecule has 4 heteroatoms. The Kier molecular flexibility index (Phi) is 6.67. The van der Waals surface area contributed by atoms with E-state index >= 15 is 0 Å². The number of urea groups is 1. The van der Waals surface area contributed by atoms with Crippen molar-refractivity contribution in [2.75, 3.05) is 26.1 Å². The molecule has 2 aromatic carbocycles. The highest BCUT2D eigenvalue weighted by Gasteiger charge is 2.30. The van der Waals surface area contributed by atoms with E-state index < -0.39 is 0 Å². The standard InChI is InChI=1S/C22H30N2O2/c1-16(2)17(3)21(18-11-8-7-9-12-18)24(5)22(25)23(4)19-13-10-14-20(15-19)26-6/h7-17,21H,1-6H3/t17-,21-/m1/s1. The van der Waals surface area contributed by atoms with Crippen molar-refractivity contribution in [3.05, 3.63) is 60.2 Å². The molecular weight excluding hydrogens is 324 g/mol. The molecule has 0 aliphatic carbocycles. The first-order valence-corrected chi connectivity index (χ1v) is 9.06. The molecule has 0 unspecified atom stereocenters. The van der Waals surface area contributed by atoms with Gasteiger partial charge in [0, 0.05) is 25.8 Å². The number of amides is 2. The number of methoxy groups -OCH3 is 1. The van der Waals surface area contributed by atoms with E-state index in [9.17, 15) is 4.79 Å². The van der Waals surface area contributed by atoms with E-state index in [4.69, 9.17) is 4.74 Å². The van der Waals surface area contributed by atoms with Crippen LogP contribution in [0.4, 0.5) is 10.5 Å². The fourth-order valence-corrected chi connectivity index (χ4v) is 3.18. The molecule has 0 heterocycles. The molecule has 2 atom stereocenters. The minimum absolute atomic E-state index is 0.0109. The average Bonchev–Trinajstić information content (AvgIpc) is 2.67. The maximum Gasteiger partial charge on any atom is 0.324 e. The Bertz CT molecular complexity index is 715. The molecule has 26 heavy (non-hydrogen) atoms. The zero-order valence-electron chi connectivity index (χ0n) is 16.6. The van der Waals surface area contributed by atoms with E-state index in [0.717, 1.165) is 17.0 Å². The lowest BCUT2D eigenvalue weighted by Crippen LogP contribution is -2.43. The summed E-state index contributed by atoms with van der Waals surface area (Å²) in [4.78, 5) is 16.7. The average molecular weight is 354 g/mol. The zero-order valence-corrected chi connectivity index (χ0v) is 16.6. The Labute approximate surface area is 157 Å². The van der Waals surface area contributed by atoms with Gasteiger partial charge in [0.15, 0.2) is 0 Å². The maximum atomic E-state index is 13.2. The Balaban J connectivity index is 2.31. The van der Waals surface area contributed by atoms with Crippen molar-refractivity contribution in [1.82, 2.24) is 4.90 Å². The second kappa shape index (κ2) is 8.75. The first-order valence-electron chi connectivity index (χ1n) is 9.06. The maximum absolute atomic E-state index is 13.2. The van der Waals surface area contributed by atoms with Crippen molar-refractivity contribution in [1.29, 1.82) is 0 Å². The van der Waals surface area contributed by atoms with E-state index in [2.05, 4.69) is 32.9 Å². The van der Waals surface area contributed by atoms with Crippen molar-refractivity contribution < 1.29 is 9.53 Å². The lowest BCUT2D eigenvalue weighted by molar-refractivity contribution is 0.160. The molecule has 0 radical (unpaired) electrons. The highest BCUT2D eigenvalue weighted by Crippen LogP contribution is 2.33. The third-order valence-electron chi connectivity index (χ3n) is 5.14. The van der Waals surface area contributed by atoms with Crippen LogP contribution in [0, 0.1) is 11.8 Å². The van der Waals surface area contributed by atoms with Gasteiger partial charge in [-0.15, -0.1) is 0 Å². The van der Waals surface area contributed by atoms with Crippen molar-refractivity contribution in [3.8, 4) is 5.75 Å². The zero-order chi connectivity index (χ0) is 19.3. The molecule has 4 nitrogen and oxygen atoms in total. The summed E-state index contributed by atoms with van der Waals surface area (Å²) in [5.41, 5.74) is 1.97. The first kappa shape index (κ1) is 19.8. The third kappa shape index (κ3) is 4.37. The SMILES string of the molecule is COc1cccc(N(C)C(=O)N(C)[C@@H](c2ccccc2)[C@H](C)C(C)C)c1. The third-order valence-corrected chi connectivity index (χ3v) is 5.14. The molecule has 0 spiro atoms. The van der Waals surface area contributed by atoms with Crippen LogP contribution < -0.4 is 9.64 Å². The van der Waals surface area contributed by atoms with Gasteiger partial charge in [-0.05, 0) is 29.5 Å². The predicted octanol–water partition coefficient (Wildman–Crippen LogP) is 5.22. The number of anilines is 1. The number of carbonyl (C=O) groups is 1. The fourth-order valence-electron chi connectivity index (χ4n) is 3.18. The molecule has 0 aliphatic rings. The van der Waals surface area contributed by atoms with Crippen molar-refractivity contribution in [2.45, 2.75) is 26.8 Å². The van der Waals surface area contributed by atoms with E-state index in [1.54, 1.807) is 19.1 Å². The quantitative estimate of drug-likeness (QED) is 0.713. The number of hydrogen-bond donors (Lipinski definition) is 0. The number of nitrogens with zero attached hydrogens (tertiary/aromatic N) is 2. The smallest absolute Gasteiger partial charge is 0.324 e. The second-order valence-corrected chi connectivity index (χ2v) is 7.11. The summed E-state index contributed by atoms with van der Waals surface area (Å²) in [5, 5.41) is 0. The minimum atomic E-state index is -0.0420. The Morgan fingerprint density at radius 3 is 2.19 bits per heavy atom. The Morgan fingerprint density at radius 2 is 1.62 bits per heavy atom. The number of hydrogen-bond acceptors (Lipinski definition) is 2. The lowest BCUT2D eigenvalue weighted by atomic mass is 9.85. The van der Waals surface area contributed by atoms with Gasteiger partial charge in [0.05, 0.1) is 13.2 Å². The van der Waals surface area contributed by atoms with E-state index in [1.165, 1.54) is 0 Å². The molecular formula is C22H30N2O2. The van der Waals surface area contributed by atoms with Crippen LogP contribution in [0.15, 0.2) is 54.6 Å². The summed E-state index contributed by atoms with van der Waals surface area (Å²) in [6, 6.07) is 17.8. The molecule has 0 saturated carbocycles. The number of carbonyl (C=O) groups excluding carboxylic acids is 1. The summed E-state index contributed by atoms with van der Waals surface area (Å²) in [7, 11) is 5.31. The van der Waals surface area contributed by atoms with Gasteiger partial charge in [-0.25, -0.2) is 4.79 Å². The van der Waals surface area contributed by atoms with E-state index in [1.807, 2.05) is 54.4 Å². The van der Waals surface area contributed by atoms with Gasteiger partial charge in [0.2, 0.25) is 0 Å². The molecule has 2 amide bonds. The van der Waals surface area contributed by atoms with Gasteiger partial charge in [-0.3, -0.25) is 4.90 Å². The summed E-state index contributed by atoms with van der Waals surface area (Å²) < 4.78 is 5.28. The Hall–Kier alpha value is -2.49. The van der Waals surface area contributed by atoms with Crippen LogP contribution in [0.5, 0.6) is 5.75 Å². The Morgan fingerprint density at radius 1 is 0.962 bits per heavy atom. The van der Waals surface area contributed by atoms with Crippen LogP contribution in [-0.4, -0.2) is 32.1 Å². The fraction of sp³-hybridized carbons (Fsp3) is 0.409. The number of rotatable bonds is 6. The molecule has 2 aromatic rings. The van der Waals surface area contributed by atoms with Crippen molar-refractivity contribution in [2.24, 2.45) is 11.8 Å². The molecule has 0 bridgehead atoms. The lowest BCUT2D eigenvalue weighted by Gasteiger charge is -2.37. The minimum Gasteiger partial charge on any atom is -0.497 e. The summed E-state index contributed by atoms with van der Waals surface area (Å²) in [6.07, 6.45) is 0.